The van der Waals surface area contributed by atoms with Crippen molar-refractivity contribution in [1.82, 2.24) is 10.1 Å². The summed E-state index contributed by atoms with van der Waals surface area (Å²) >= 11 is 0. The fourth-order valence-electron chi connectivity index (χ4n) is 1.49. The first-order chi connectivity index (χ1) is 8.58. The van der Waals surface area contributed by atoms with Crippen molar-refractivity contribution in [3.05, 3.63) is 47.4 Å². The quantitative estimate of drug-likeness (QED) is 0.852. The Labute approximate surface area is 103 Å². The van der Waals surface area contributed by atoms with Crippen LogP contribution in [0.15, 0.2) is 28.8 Å². The van der Waals surface area contributed by atoms with Gasteiger partial charge in [0.15, 0.2) is 5.82 Å². The summed E-state index contributed by atoms with van der Waals surface area (Å²) in [6, 6.07) is 5.65. The first-order valence-corrected chi connectivity index (χ1v) is 5.57. The van der Waals surface area contributed by atoms with Crippen LogP contribution >= 0.6 is 0 Å². The Bertz CT molecular complexity index is 528. The average Bonchev–Trinajstić information content (AvgIpc) is 2.79. The summed E-state index contributed by atoms with van der Waals surface area (Å²) in [5.74, 6) is 0.172. The summed E-state index contributed by atoms with van der Waals surface area (Å²) in [5, 5.41) is 13.0. The molecule has 5 nitrogen and oxygen atoms in total. The lowest BCUT2D eigenvalue weighted by Crippen LogP contribution is -2.23. The lowest BCUT2D eigenvalue weighted by Gasteiger charge is -2.08. The zero-order valence-corrected chi connectivity index (χ0v) is 9.88. The average molecular weight is 251 g/mol. The number of benzene rings is 1. The number of halogens is 1. The van der Waals surface area contributed by atoms with Crippen LogP contribution in [0.4, 0.5) is 4.39 Å². The Morgan fingerprint density at radius 1 is 1.44 bits per heavy atom. The molecule has 2 atom stereocenters. The predicted molar refractivity (Wildman–Crippen MR) is 62.1 cm³/mol. The van der Waals surface area contributed by atoms with E-state index in [-0.39, 0.29) is 18.1 Å². The van der Waals surface area contributed by atoms with Gasteiger partial charge in [-0.1, -0.05) is 23.4 Å². The van der Waals surface area contributed by atoms with Crippen molar-refractivity contribution in [3.63, 3.8) is 0 Å². The first kappa shape index (κ1) is 12.7. The number of nitrogens with zero attached hydrogens (tertiary/aromatic N) is 2. The van der Waals surface area contributed by atoms with Crippen LogP contribution in [0, 0.1) is 5.82 Å². The summed E-state index contributed by atoms with van der Waals surface area (Å²) in [5.41, 5.74) is 6.14. The van der Waals surface area contributed by atoms with E-state index in [1.54, 1.807) is 18.2 Å². The van der Waals surface area contributed by atoms with E-state index in [9.17, 15) is 9.50 Å². The SMILES string of the molecule is CC(O)C(N)c1nc(Cc2ccccc2F)no1. The minimum absolute atomic E-state index is 0.149. The Hall–Kier alpha value is -1.79. The van der Waals surface area contributed by atoms with E-state index in [0.717, 1.165) is 0 Å². The molecule has 1 aromatic heterocycles. The molecule has 0 fully saturated rings. The van der Waals surface area contributed by atoms with Crippen LogP contribution in [0.3, 0.4) is 0 Å². The molecule has 0 bridgehead atoms. The summed E-state index contributed by atoms with van der Waals surface area (Å²) in [4.78, 5) is 4.04. The van der Waals surface area contributed by atoms with Gasteiger partial charge in [-0.3, -0.25) is 0 Å². The molecule has 0 aliphatic carbocycles. The van der Waals surface area contributed by atoms with Crippen molar-refractivity contribution < 1.29 is 14.0 Å². The van der Waals surface area contributed by atoms with E-state index in [1.165, 1.54) is 13.0 Å². The Morgan fingerprint density at radius 2 is 2.17 bits per heavy atom. The minimum Gasteiger partial charge on any atom is -0.391 e. The zero-order valence-electron chi connectivity index (χ0n) is 9.88. The molecule has 1 aromatic carbocycles. The molecular formula is C12H14FN3O2. The zero-order chi connectivity index (χ0) is 13.1. The molecule has 0 radical (unpaired) electrons. The topological polar surface area (TPSA) is 85.2 Å². The fourth-order valence-corrected chi connectivity index (χ4v) is 1.49. The van der Waals surface area contributed by atoms with Crippen LogP contribution in [0.5, 0.6) is 0 Å². The van der Waals surface area contributed by atoms with Gasteiger partial charge >= 0.3 is 0 Å². The second-order valence-corrected chi connectivity index (χ2v) is 4.08. The molecule has 0 amide bonds. The standard InChI is InChI=1S/C12H14FN3O2/c1-7(17)11(14)12-15-10(16-18-12)6-8-4-2-3-5-9(8)13/h2-5,7,11,17H,6,14H2,1H3. The lowest BCUT2D eigenvalue weighted by atomic mass is 10.1. The summed E-state index contributed by atoms with van der Waals surface area (Å²) < 4.78 is 18.3. The van der Waals surface area contributed by atoms with Crippen LogP contribution in [-0.4, -0.2) is 21.4 Å². The van der Waals surface area contributed by atoms with Crippen LogP contribution < -0.4 is 5.73 Å². The Balaban J connectivity index is 2.14. The molecule has 0 spiro atoms. The van der Waals surface area contributed by atoms with Gasteiger partial charge in [-0.2, -0.15) is 4.98 Å². The monoisotopic (exact) mass is 251 g/mol. The highest BCUT2D eigenvalue weighted by molar-refractivity contribution is 5.20. The number of hydrogen-bond donors (Lipinski definition) is 2. The van der Waals surface area contributed by atoms with Gasteiger partial charge in [0.25, 0.3) is 0 Å². The van der Waals surface area contributed by atoms with E-state index < -0.39 is 12.1 Å². The number of rotatable bonds is 4. The third-order valence-electron chi connectivity index (χ3n) is 2.60. The normalized spacial score (nSPS) is 14.4. The molecule has 2 unspecified atom stereocenters. The van der Waals surface area contributed by atoms with Gasteiger partial charge in [-0.25, -0.2) is 4.39 Å². The third-order valence-corrected chi connectivity index (χ3v) is 2.60. The van der Waals surface area contributed by atoms with Gasteiger partial charge in [-0.05, 0) is 18.6 Å². The maximum absolute atomic E-state index is 13.4. The maximum Gasteiger partial charge on any atom is 0.246 e. The molecule has 18 heavy (non-hydrogen) atoms. The molecule has 0 aliphatic rings. The molecule has 0 saturated carbocycles. The highest BCUT2D eigenvalue weighted by Gasteiger charge is 2.19. The summed E-state index contributed by atoms with van der Waals surface area (Å²) in [6.07, 6.45) is -0.561. The first-order valence-electron chi connectivity index (χ1n) is 5.57. The van der Waals surface area contributed by atoms with E-state index in [4.69, 9.17) is 10.3 Å². The Kier molecular flexibility index (Phi) is 3.69. The van der Waals surface area contributed by atoms with Crippen LogP contribution in [0.2, 0.25) is 0 Å². The van der Waals surface area contributed by atoms with Crippen molar-refractivity contribution in [2.75, 3.05) is 0 Å². The van der Waals surface area contributed by atoms with Crippen molar-refractivity contribution in [2.45, 2.75) is 25.5 Å². The largest absolute Gasteiger partial charge is 0.391 e. The van der Waals surface area contributed by atoms with E-state index in [1.807, 2.05) is 0 Å². The Morgan fingerprint density at radius 3 is 2.83 bits per heavy atom. The van der Waals surface area contributed by atoms with Gasteiger partial charge in [0.05, 0.1) is 6.10 Å². The number of hydrogen-bond acceptors (Lipinski definition) is 5. The van der Waals surface area contributed by atoms with Gasteiger partial charge in [0.2, 0.25) is 5.89 Å². The fraction of sp³-hybridized carbons (Fsp3) is 0.333. The predicted octanol–water partition coefficient (Wildman–Crippen LogP) is 1.18. The molecule has 2 aromatic rings. The molecule has 96 valence electrons. The molecule has 2 rings (SSSR count). The lowest BCUT2D eigenvalue weighted by molar-refractivity contribution is 0.146. The highest BCUT2D eigenvalue weighted by Crippen LogP contribution is 2.15. The van der Waals surface area contributed by atoms with Crippen molar-refractivity contribution >= 4 is 0 Å². The van der Waals surface area contributed by atoms with Crippen molar-refractivity contribution in [2.24, 2.45) is 5.73 Å². The molecule has 1 heterocycles. The van der Waals surface area contributed by atoms with Gasteiger partial charge < -0.3 is 15.4 Å². The van der Waals surface area contributed by atoms with E-state index >= 15 is 0 Å². The summed E-state index contributed by atoms with van der Waals surface area (Å²) in [6.45, 7) is 1.53. The molecule has 0 aliphatic heterocycles. The second kappa shape index (κ2) is 5.24. The third kappa shape index (κ3) is 2.72. The molecule has 6 heteroatoms. The molecule has 3 N–H and O–H groups in total. The smallest absolute Gasteiger partial charge is 0.246 e. The number of aromatic nitrogens is 2. The number of aliphatic hydroxyl groups is 1. The van der Waals surface area contributed by atoms with Crippen molar-refractivity contribution in [3.8, 4) is 0 Å². The summed E-state index contributed by atoms with van der Waals surface area (Å²) in [7, 11) is 0. The van der Waals surface area contributed by atoms with E-state index in [0.29, 0.717) is 11.4 Å². The second-order valence-electron chi connectivity index (χ2n) is 4.08. The minimum atomic E-state index is -0.785. The van der Waals surface area contributed by atoms with Crippen LogP contribution in [0.25, 0.3) is 0 Å². The van der Waals surface area contributed by atoms with Crippen LogP contribution in [0.1, 0.15) is 30.2 Å². The maximum atomic E-state index is 13.4. The van der Waals surface area contributed by atoms with Gasteiger partial charge in [0, 0.05) is 6.42 Å². The number of nitrogens with two attached hydrogens (primary N) is 1. The van der Waals surface area contributed by atoms with E-state index in [2.05, 4.69) is 10.1 Å². The number of aliphatic hydroxyl groups excluding tert-OH is 1. The van der Waals surface area contributed by atoms with Gasteiger partial charge in [-0.15, -0.1) is 0 Å². The molecular weight excluding hydrogens is 237 g/mol. The highest BCUT2D eigenvalue weighted by atomic mass is 19.1. The van der Waals surface area contributed by atoms with Crippen molar-refractivity contribution in [1.29, 1.82) is 0 Å². The van der Waals surface area contributed by atoms with Crippen LogP contribution in [-0.2, 0) is 6.42 Å². The molecule has 0 saturated heterocycles. The van der Waals surface area contributed by atoms with Gasteiger partial charge in [0.1, 0.15) is 11.9 Å².